The smallest absolute Gasteiger partial charge is 0.228 e. The van der Waals surface area contributed by atoms with Crippen molar-refractivity contribution in [2.24, 2.45) is 0 Å². The Morgan fingerprint density at radius 1 is 1.67 bits per heavy atom. The largest absolute Gasteiger partial charge is 0.280 e. The van der Waals surface area contributed by atoms with Gasteiger partial charge in [0.15, 0.2) is 0 Å². The molecular formula is C10H8OS. The quantitative estimate of drug-likeness (QED) is 0.474. The molecule has 0 aliphatic rings. The molecule has 0 aliphatic heterocycles. The topological polar surface area (TPSA) is 17.1 Å². The van der Waals surface area contributed by atoms with Crippen molar-refractivity contribution in [1.29, 1.82) is 0 Å². The molecule has 60 valence electrons. The molecule has 1 heterocycles. The van der Waals surface area contributed by atoms with Crippen molar-refractivity contribution in [3.8, 4) is 11.8 Å². The summed E-state index contributed by atoms with van der Waals surface area (Å²) in [5, 5.41) is 1.93. The third kappa shape index (κ3) is 2.73. The molecule has 0 bridgehead atoms. The lowest BCUT2D eigenvalue weighted by molar-refractivity contribution is -0.109. The number of hydrogen-bond acceptors (Lipinski definition) is 2. The number of rotatable bonds is 1. The van der Waals surface area contributed by atoms with Crippen LogP contribution in [0.3, 0.4) is 0 Å². The molecule has 1 rings (SSSR count). The molecule has 1 aromatic heterocycles. The fraction of sp³-hybridized carbons (Fsp3) is 0.100. The maximum Gasteiger partial charge on any atom is 0.228 e. The summed E-state index contributed by atoms with van der Waals surface area (Å²) in [6, 6.07) is 3.80. The Hall–Kier alpha value is -1.33. The zero-order chi connectivity index (χ0) is 8.81. The Labute approximate surface area is 75.7 Å². The second kappa shape index (κ2) is 4.53. The molecule has 12 heavy (non-hydrogen) atoms. The molecule has 0 spiro atoms. The standard InChI is InChI=1S/C10H8OS/c1-2-4-9(11)6-7-10-5-3-8-12-10/h2-5,8H,1H3/b4-2+. The van der Waals surface area contributed by atoms with Gasteiger partial charge in [0.05, 0.1) is 4.88 Å². The van der Waals surface area contributed by atoms with Gasteiger partial charge in [-0.15, -0.1) is 11.3 Å². The van der Waals surface area contributed by atoms with Gasteiger partial charge in [0, 0.05) is 0 Å². The van der Waals surface area contributed by atoms with Gasteiger partial charge in [-0.3, -0.25) is 4.79 Å². The number of ketones is 1. The average Bonchev–Trinajstić information content (AvgIpc) is 2.53. The average molecular weight is 176 g/mol. The highest BCUT2D eigenvalue weighted by Gasteiger charge is 1.87. The highest BCUT2D eigenvalue weighted by Crippen LogP contribution is 2.05. The molecular weight excluding hydrogens is 168 g/mol. The minimum absolute atomic E-state index is 0.147. The Kier molecular flexibility index (Phi) is 3.31. The van der Waals surface area contributed by atoms with Crippen LogP contribution in [0, 0.1) is 11.8 Å². The predicted molar refractivity (Wildman–Crippen MR) is 51.0 cm³/mol. The summed E-state index contributed by atoms with van der Waals surface area (Å²) in [6.45, 7) is 1.80. The van der Waals surface area contributed by atoms with Gasteiger partial charge in [0.1, 0.15) is 0 Å². The summed E-state index contributed by atoms with van der Waals surface area (Å²) in [5.41, 5.74) is 0. The van der Waals surface area contributed by atoms with Crippen molar-refractivity contribution in [3.05, 3.63) is 34.5 Å². The number of hydrogen-bond donors (Lipinski definition) is 0. The summed E-state index contributed by atoms with van der Waals surface area (Å²) >= 11 is 1.53. The van der Waals surface area contributed by atoms with Crippen molar-refractivity contribution in [3.63, 3.8) is 0 Å². The fourth-order valence-electron chi connectivity index (χ4n) is 0.666. The van der Waals surface area contributed by atoms with E-state index in [1.54, 1.807) is 13.0 Å². The third-order valence-electron chi connectivity index (χ3n) is 1.15. The molecule has 0 atom stereocenters. The van der Waals surface area contributed by atoms with E-state index in [2.05, 4.69) is 11.8 Å². The highest BCUT2D eigenvalue weighted by molar-refractivity contribution is 7.10. The van der Waals surface area contributed by atoms with E-state index in [0.29, 0.717) is 0 Å². The van der Waals surface area contributed by atoms with Gasteiger partial charge >= 0.3 is 0 Å². The van der Waals surface area contributed by atoms with Crippen molar-refractivity contribution in [1.82, 2.24) is 0 Å². The van der Waals surface area contributed by atoms with Crippen LogP contribution in [0.1, 0.15) is 11.8 Å². The first-order chi connectivity index (χ1) is 5.83. The zero-order valence-electron chi connectivity index (χ0n) is 6.70. The highest BCUT2D eigenvalue weighted by atomic mass is 32.1. The molecule has 0 radical (unpaired) electrons. The summed E-state index contributed by atoms with van der Waals surface area (Å²) in [6.07, 6.45) is 3.14. The number of allylic oxidation sites excluding steroid dienone is 2. The van der Waals surface area contributed by atoms with Gasteiger partial charge in [-0.25, -0.2) is 0 Å². The van der Waals surface area contributed by atoms with E-state index in [0.717, 1.165) is 4.88 Å². The minimum Gasteiger partial charge on any atom is -0.280 e. The third-order valence-corrected chi connectivity index (χ3v) is 1.93. The Morgan fingerprint density at radius 2 is 2.50 bits per heavy atom. The van der Waals surface area contributed by atoms with E-state index in [4.69, 9.17) is 0 Å². The van der Waals surface area contributed by atoms with Gasteiger partial charge in [-0.2, -0.15) is 0 Å². The van der Waals surface area contributed by atoms with Crippen LogP contribution in [0.4, 0.5) is 0 Å². The maximum atomic E-state index is 10.9. The fourth-order valence-corrected chi connectivity index (χ4v) is 1.24. The monoisotopic (exact) mass is 176 g/mol. The van der Waals surface area contributed by atoms with Crippen LogP contribution in [-0.2, 0) is 4.79 Å². The lowest BCUT2D eigenvalue weighted by Gasteiger charge is -1.75. The van der Waals surface area contributed by atoms with Gasteiger partial charge in [0.2, 0.25) is 5.78 Å². The van der Waals surface area contributed by atoms with E-state index in [9.17, 15) is 4.79 Å². The van der Waals surface area contributed by atoms with E-state index >= 15 is 0 Å². The van der Waals surface area contributed by atoms with Crippen LogP contribution in [0.5, 0.6) is 0 Å². The van der Waals surface area contributed by atoms with Crippen LogP contribution >= 0.6 is 11.3 Å². The van der Waals surface area contributed by atoms with Crippen molar-refractivity contribution in [2.75, 3.05) is 0 Å². The first kappa shape index (κ1) is 8.76. The molecule has 0 amide bonds. The van der Waals surface area contributed by atoms with Crippen LogP contribution < -0.4 is 0 Å². The maximum absolute atomic E-state index is 10.9. The van der Waals surface area contributed by atoms with E-state index in [-0.39, 0.29) is 5.78 Å². The lowest BCUT2D eigenvalue weighted by Crippen LogP contribution is -1.83. The molecule has 0 N–H and O–H groups in total. The molecule has 0 saturated carbocycles. The normalized spacial score (nSPS) is 9.42. The lowest BCUT2D eigenvalue weighted by atomic mass is 10.3. The first-order valence-corrected chi connectivity index (χ1v) is 4.43. The number of thiophene rings is 1. The second-order valence-electron chi connectivity index (χ2n) is 2.09. The Bertz CT molecular complexity index is 336. The molecule has 0 fully saturated rings. The van der Waals surface area contributed by atoms with Crippen molar-refractivity contribution < 1.29 is 4.79 Å². The summed E-state index contributed by atoms with van der Waals surface area (Å²) in [7, 11) is 0. The van der Waals surface area contributed by atoms with Gasteiger partial charge < -0.3 is 0 Å². The minimum atomic E-state index is -0.147. The summed E-state index contributed by atoms with van der Waals surface area (Å²) < 4.78 is 0. The van der Waals surface area contributed by atoms with Crippen LogP contribution in [0.25, 0.3) is 0 Å². The predicted octanol–water partition coefficient (Wildman–Crippen LogP) is 2.24. The van der Waals surface area contributed by atoms with Crippen LogP contribution in [-0.4, -0.2) is 5.78 Å². The first-order valence-electron chi connectivity index (χ1n) is 3.55. The molecule has 0 aliphatic carbocycles. The van der Waals surface area contributed by atoms with E-state index in [1.807, 2.05) is 17.5 Å². The number of carbonyl (C=O) groups excluding carboxylic acids is 1. The van der Waals surface area contributed by atoms with Crippen molar-refractivity contribution >= 4 is 17.1 Å². The van der Waals surface area contributed by atoms with E-state index in [1.165, 1.54) is 17.4 Å². The molecule has 2 heteroatoms. The van der Waals surface area contributed by atoms with Crippen LogP contribution in [0.15, 0.2) is 29.7 Å². The van der Waals surface area contributed by atoms with Gasteiger partial charge in [0.25, 0.3) is 0 Å². The summed E-state index contributed by atoms with van der Waals surface area (Å²) in [5.74, 6) is 5.15. The van der Waals surface area contributed by atoms with Gasteiger partial charge in [-0.05, 0) is 36.3 Å². The SMILES string of the molecule is C/C=C/C(=O)C#Cc1cccs1. The Balaban J connectivity index is 2.66. The van der Waals surface area contributed by atoms with E-state index < -0.39 is 0 Å². The van der Waals surface area contributed by atoms with Crippen LogP contribution in [0.2, 0.25) is 0 Å². The molecule has 1 aromatic rings. The zero-order valence-corrected chi connectivity index (χ0v) is 7.52. The Morgan fingerprint density at radius 3 is 3.08 bits per heavy atom. The summed E-state index contributed by atoms with van der Waals surface area (Å²) in [4.78, 5) is 11.8. The molecule has 0 saturated heterocycles. The van der Waals surface area contributed by atoms with Crippen molar-refractivity contribution in [2.45, 2.75) is 6.92 Å². The number of carbonyl (C=O) groups is 1. The molecule has 1 nitrogen and oxygen atoms in total. The second-order valence-corrected chi connectivity index (χ2v) is 3.04. The molecule has 0 aromatic carbocycles. The molecule has 0 unspecified atom stereocenters. The van der Waals surface area contributed by atoms with Gasteiger partial charge in [-0.1, -0.05) is 12.1 Å².